The van der Waals surface area contributed by atoms with E-state index in [-0.39, 0.29) is 5.78 Å². The van der Waals surface area contributed by atoms with Gasteiger partial charge in [0.05, 0.1) is 6.54 Å². The van der Waals surface area contributed by atoms with Crippen LogP contribution in [0, 0.1) is 5.41 Å². The Bertz CT molecular complexity index is 676. The van der Waals surface area contributed by atoms with Gasteiger partial charge in [0.25, 0.3) is 0 Å². The molecule has 1 aliphatic rings. The lowest BCUT2D eigenvalue weighted by molar-refractivity contribution is 0.101. The van der Waals surface area contributed by atoms with Crippen molar-refractivity contribution in [3.63, 3.8) is 0 Å². The summed E-state index contributed by atoms with van der Waals surface area (Å²) in [5, 5.41) is 8.24. The molecule has 94 valence electrons. The number of anilines is 1. The fourth-order valence-corrected chi connectivity index (χ4v) is 2.40. The number of nitrogens with zero attached hydrogens (tertiary/aromatic N) is 1. The largest absolute Gasteiger partial charge is 0.322 e. The Labute approximate surface area is 112 Å². The molecule has 0 aromatic heterocycles. The average Bonchev–Trinajstić information content (AvgIpc) is 2.77. The minimum absolute atomic E-state index is 0.0464. The maximum atomic E-state index is 11.4. The van der Waals surface area contributed by atoms with Crippen molar-refractivity contribution in [3.05, 3.63) is 65.2 Å². The minimum Gasteiger partial charge on any atom is -0.322 e. The van der Waals surface area contributed by atoms with Crippen molar-refractivity contribution in [2.45, 2.75) is 13.5 Å². The van der Waals surface area contributed by atoms with E-state index < -0.39 is 0 Å². The Morgan fingerprint density at radius 2 is 1.95 bits per heavy atom. The van der Waals surface area contributed by atoms with Gasteiger partial charge in [-0.3, -0.25) is 10.2 Å². The van der Waals surface area contributed by atoms with Crippen LogP contribution in [-0.2, 0) is 6.54 Å². The third kappa shape index (κ3) is 1.93. The standard InChI is InChI=1S/C16H14N2O/c1-11(19)12-6-4-7-14(9-12)18-10-13-5-2-3-8-15(13)16(18)17/h2-9,17H,10H2,1H3. The fourth-order valence-electron chi connectivity index (χ4n) is 2.40. The molecule has 0 amide bonds. The zero-order chi connectivity index (χ0) is 13.4. The summed E-state index contributed by atoms with van der Waals surface area (Å²) < 4.78 is 0. The third-order valence-corrected chi connectivity index (χ3v) is 3.44. The number of amidine groups is 1. The first-order valence-corrected chi connectivity index (χ1v) is 6.22. The third-order valence-electron chi connectivity index (χ3n) is 3.44. The molecule has 0 atom stereocenters. The molecule has 3 nitrogen and oxygen atoms in total. The molecule has 0 radical (unpaired) electrons. The van der Waals surface area contributed by atoms with Crippen molar-refractivity contribution in [2.24, 2.45) is 0 Å². The molecule has 0 unspecified atom stereocenters. The smallest absolute Gasteiger partial charge is 0.159 e. The van der Waals surface area contributed by atoms with E-state index in [1.165, 1.54) is 0 Å². The van der Waals surface area contributed by atoms with E-state index in [1.807, 2.05) is 47.4 Å². The van der Waals surface area contributed by atoms with Crippen molar-refractivity contribution in [3.8, 4) is 0 Å². The molecule has 2 aromatic carbocycles. The molecule has 0 fully saturated rings. The summed E-state index contributed by atoms with van der Waals surface area (Å²) in [7, 11) is 0. The number of nitrogens with one attached hydrogen (secondary N) is 1. The van der Waals surface area contributed by atoms with Gasteiger partial charge in [0.1, 0.15) is 5.84 Å². The lowest BCUT2D eigenvalue weighted by Gasteiger charge is -2.18. The van der Waals surface area contributed by atoms with E-state index in [0.717, 1.165) is 16.8 Å². The average molecular weight is 250 g/mol. The van der Waals surface area contributed by atoms with E-state index in [9.17, 15) is 4.79 Å². The Morgan fingerprint density at radius 1 is 1.16 bits per heavy atom. The highest BCUT2D eigenvalue weighted by molar-refractivity contribution is 6.12. The predicted molar refractivity (Wildman–Crippen MR) is 75.9 cm³/mol. The van der Waals surface area contributed by atoms with Crippen LogP contribution < -0.4 is 4.90 Å². The van der Waals surface area contributed by atoms with Gasteiger partial charge in [0, 0.05) is 16.8 Å². The molecule has 2 aromatic rings. The Balaban J connectivity index is 2.00. The summed E-state index contributed by atoms with van der Waals surface area (Å²) >= 11 is 0. The quantitative estimate of drug-likeness (QED) is 0.831. The number of carbonyl (C=O) groups is 1. The Morgan fingerprint density at radius 3 is 2.68 bits per heavy atom. The maximum absolute atomic E-state index is 11.4. The van der Waals surface area contributed by atoms with Crippen LogP contribution in [0.3, 0.4) is 0 Å². The number of hydrogen-bond donors (Lipinski definition) is 1. The molecule has 3 heteroatoms. The van der Waals surface area contributed by atoms with Crippen LogP contribution in [0.15, 0.2) is 48.5 Å². The van der Waals surface area contributed by atoms with Gasteiger partial charge in [-0.15, -0.1) is 0 Å². The van der Waals surface area contributed by atoms with Gasteiger partial charge >= 0.3 is 0 Å². The molecule has 1 aliphatic heterocycles. The summed E-state index contributed by atoms with van der Waals surface area (Å²) in [6.45, 7) is 2.25. The molecular formula is C16H14N2O. The number of carbonyl (C=O) groups excluding carboxylic acids is 1. The van der Waals surface area contributed by atoms with Gasteiger partial charge in [0.2, 0.25) is 0 Å². The predicted octanol–water partition coefficient (Wildman–Crippen LogP) is 3.23. The zero-order valence-electron chi connectivity index (χ0n) is 10.7. The van der Waals surface area contributed by atoms with Crippen molar-refractivity contribution >= 4 is 17.3 Å². The first-order chi connectivity index (χ1) is 9.16. The molecule has 0 bridgehead atoms. The number of rotatable bonds is 2. The van der Waals surface area contributed by atoms with Gasteiger partial charge in [-0.1, -0.05) is 36.4 Å². The van der Waals surface area contributed by atoms with Crippen LogP contribution in [0.5, 0.6) is 0 Å². The number of hydrogen-bond acceptors (Lipinski definition) is 2. The second-order valence-corrected chi connectivity index (χ2v) is 4.70. The van der Waals surface area contributed by atoms with E-state index >= 15 is 0 Å². The van der Waals surface area contributed by atoms with Crippen LogP contribution in [0.2, 0.25) is 0 Å². The van der Waals surface area contributed by atoms with Crippen LogP contribution in [0.1, 0.15) is 28.4 Å². The van der Waals surface area contributed by atoms with Crippen molar-refractivity contribution in [1.29, 1.82) is 5.41 Å². The number of ketones is 1. The van der Waals surface area contributed by atoms with Gasteiger partial charge in [-0.2, -0.15) is 0 Å². The van der Waals surface area contributed by atoms with Crippen LogP contribution in [-0.4, -0.2) is 11.6 Å². The second kappa shape index (κ2) is 4.35. The normalized spacial score (nSPS) is 13.5. The highest BCUT2D eigenvalue weighted by Gasteiger charge is 2.24. The monoisotopic (exact) mass is 250 g/mol. The number of fused-ring (bicyclic) bond motifs is 1. The first-order valence-electron chi connectivity index (χ1n) is 6.22. The summed E-state index contributed by atoms with van der Waals surface area (Å²) in [5.74, 6) is 0.543. The van der Waals surface area contributed by atoms with E-state index in [2.05, 4.69) is 0 Å². The lowest BCUT2D eigenvalue weighted by atomic mass is 10.1. The Hall–Kier alpha value is -2.42. The molecular weight excluding hydrogens is 236 g/mol. The second-order valence-electron chi connectivity index (χ2n) is 4.70. The zero-order valence-corrected chi connectivity index (χ0v) is 10.7. The maximum Gasteiger partial charge on any atom is 0.159 e. The van der Waals surface area contributed by atoms with Crippen LogP contribution in [0.4, 0.5) is 5.69 Å². The minimum atomic E-state index is 0.0464. The summed E-state index contributed by atoms with van der Waals surface area (Å²) in [6, 6.07) is 15.4. The molecule has 19 heavy (non-hydrogen) atoms. The van der Waals surface area contributed by atoms with Crippen molar-refractivity contribution < 1.29 is 4.79 Å². The van der Waals surface area contributed by atoms with Crippen molar-refractivity contribution in [1.82, 2.24) is 0 Å². The van der Waals surface area contributed by atoms with Crippen LogP contribution >= 0.6 is 0 Å². The van der Waals surface area contributed by atoms with Gasteiger partial charge in [-0.05, 0) is 24.6 Å². The van der Waals surface area contributed by atoms with E-state index in [0.29, 0.717) is 17.9 Å². The number of benzene rings is 2. The lowest BCUT2D eigenvalue weighted by Crippen LogP contribution is -2.23. The molecule has 1 heterocycles. The van der Waals surface area contributed by atoms with Gasteiger partial charge < -0.3 is 4.90 Å². The summed E-state index contributed by atoms with van der Waals surface area (Å²) in [4.78, 5) is 13.4. The van der Waals surface area contributed by atoms with Gasteiger partial charge in [0.15, 0.2) is 5.78 Å². The topological polar surface area (TPSA) is 44.2 Å². The molecule has 1 N–H and O–H groups in total. The summed E-state index contributed by atoms with van der Waals surface area (Å²) in [6.07, 6.45) is 0. The fraction of sp³-hybridized carbons (Fsp3) is 0.125. The molecule has 3 rings (SSSR count). The number of Topliss-reactive ketones (excluding diaryl/α,β-unsaturated/α-hetero) is 1. The van der Waals surface area contributed by atoms with E-state index in [4.69, 9.17) is 5.41 Å². The van der Waals surface area contributed by atoms with Crippen molar-refractivity contribution in [2.75, 3.05) is 4.90 Å². The summed E-state index contributed by atoms with van der Waals surface area (Å²) in [5.41, 5.74) is 3.70. The van der Waals surface area contributed by atoms with Crippen LogP contribution in [0.25, 0.3) is 0 Å². The molecule has 0 spiro atoms. The van der Waals surface area contributed by atoms with Gasteiger partial charge in [-0.25, -0.2) is 0 Å². The molecule has 0 saturated carbocycles. The highest BCUT2D eigenvalue weighted by Crippen LogP contribution is 2.28. The SMILES string of the molecule is CC(=O)c1cccc(N2Cc3ccccc3C2=N)c1. The first kappa shape index (κ1) is 11.7. The van der Waals surface area contributed by atoms with E-state index in [1.54, 1.807) is 13.0 Å². The molecule has 0 saturated heterocycles. The Kier molecular flexibility index (Phi) is 2.67. The molecule has 0 aliphatic carbocycles. The highest BCUT2D eigenvalue weighted by atomic mass is 16.1.